The Kier molecular flexibility index (Phi) is 5.20. The zero-order chi connectivity index (χ0) is 20.4. The van der Waals surface area contributed by atoms with Gasteiger partial charge in [-0.3, -0.25) is 4.79 Å². The predicted molar refractivity (Wildman–Crippen MR) is 107 cm³/mol. The second-order valence-corrected chi connectivity index (χ2v) is 7.08. The van der Waals surface area contributed by atoms with E-state index in [1.807, 2.05) is 60.4 Å². The van der Waals surface area contributed by atoms with Crippen molar-refractivity contribution in [3.63, 3.8) is 0 Å². The van der Waals surface area contributed by atoms with E-state index in [-0.39, 0.29) is 17.9 Å². The van der Waals surface area contributed by atoms with Gasteiger partial charge in [0, 0.05) is 18.5 Å². The smallest absolute Gasteiger partial charge is 0.232 e. The van der Waals surface area contributed by atoms with Gasteiger partial charge < -0.3 is 18.9 Å². The average Bonchev–Trinajstić information content (AvgIpc) is 3.40. The van der Waals surface area contributed by atoms with Gasteiger partial charge in [0.05, 0.1) is 26.2 Å². The normalized spacial score (nSPS) is 17.4. The number of amides is 1. The molecule has 150 valence electrons. The maximum Gasteiger partial charge on any atom is 0.232 e. The summed E-state index contributed by atoms with van der Waals surface area (Å²) >= 11 is 0. The minimum absolute atomic E-state index is 0.0395. The first-order chi connectivity index (χ1) is 14.1. The molecular formula is C22H23N3O4. The highest BCUT2D eigenvalue weighted by atomic mass is 16.5. The second-order valence-electron chi connectivity index (χ2n) is 7.08. The summed E-state index contributed by atoms with van der Waals surface area (Å²) in [7, 11) is 3.26. The molecule has 2 unspecified atom stereocenters. The van der Waals surface area contributed by atoms with Gasteiger partial charge in [-0.2, -0.15) is 4.98 Å². The molecule has 1 aliphatic rings. The lowest BCUT2D eigenvalue weighted by atomic mass is 10.1. The monoisotopic (exact) mass is 393 g/mol. The number of hydrogen-bond donors (Lipinski definition) is 0. The van der Waals surface area contributed by atoms with Crippen molar-refractivity contribution in [2.45, 2.75) is 25.3 Å². The van der Waals surface area contributed by atoms with E-state index in [0.717, 1.165) is 22.6 Å². The van der Waals surface area contributed by atoms with Gasteiger partial charge in [-0.15, -0.1) is 0 Å². The fraction of sp³-hybridized carbons (Fsp3) is 0.318. The Labute approximate surface area is 169 Å². The molecule has 2 atom stereocenters. The van der Waals surface area contributed by atoms with Crippen LogP contribution >= 0.6 is 0 Å². The number of nitrogens with zero attached hydrogens (tertiary/aromatic N) is 3. The molecule has 0 saturated carbocycles. The highest BCUT2D eigenvalue weighted by Crippen LogP contribution is 2.34. The summed E-state index contributed by atoms with van der Waals surface area (Å²) in [5, 5.41) is 4.09. The van der Waals surface area contributed by atoms with Gasteiger partial charge in [0.15, 0.2) is 0 Å². The van der Waals surface area contributed by atoms with E-state index in [2.05, 4.69) is 10.1 Å². The van der Waals surface area contributed by atoms with E-state index in [1.165, 1.54) is 0 Å². The molecule has 0 N–H and O–H groups in total. The molecule has 7 heteroatoms. The van der Waals surface area contributed by atoms with Crippen molar-refractivity contribution in [2.75, 3.05) is 20.8 Å². The van der Waals surface area contributed by atoms with E-state index >= 15 is 0 Å². The van der Waals surface area contributed by atoms with Crippen LogP contribution in [-0.2, 0) is 4.79 Å². The molecule has 0 radical (unpaired) electrons. The number of likely N-dealkylation sites (tertiary alicyclic amines) is 1. The predicted octanol–water partition coefficient (Wildman–Crippen LogP) is 3.83. The standard InChI is InChI=1S/C22H23N3O4/c1-14(15-4-8-18(27-2)9-5-15)25-13-17(12-20(25)26)22-23-21(24-29-22)16-6-10-19(28-3)11-7-16/h4-11,14,17H,12-13H2,1-3H3. The molecule has 3 aromatic rings. The molecule has 7 nitrogen and oxygen atoms in total. The summed E-state index contributed by atoms with van der Waals surface area (Å²) in [4.78, 5) is 19.0. The minimum Gasteiger partial charge on any atom is -0.497 e. The van der Waals surface area contributed by atoms with Crippen LogP contribution in [0.15, 0.2) is 53.1 Å². The quantitative estimate of drug-likeness (QED) is 0.633. The number of hydrogen-bond acceptors (Lipinski definition) is 6. The number of rotatable bonds is 6. The molecule has 0 aliphatic carbocycles. The molecule has 1 aliphatic heterocycles. The highest BCUT2D eigenvalue weighted by Gasteiger charge is 2.37. The Morgan fingerprint density at radius 3 is 2.28 bits per heavy atom. The maximum atomic E-state index is 12.6. The van der Waals surface area contributed by atoms with Gasteiger partial charge in [0.1, 0.15) is 11.5 Å². The van der Waals surface area contributed by atoms with E-state index in [1.54, 1.807) is 14.2 Å². The fourth-order valence-corrected chi connectivity index (χ4v) is 3.59. The van der Waals surface area contributed by atoms with Crippen LogP contribution in [0.4, 0.5) is 0 Å². The van der Waals surface area contributed by atoms with Crippen molar-refractivity contribution in [1.29, 1.82) is 0 Å². The molecule has 1 amide bonds. The lowest BCUT2D eigenvalue weighted by molar-refractivity contribution is -0.129. The zero-order valence-electron chi connectivity index (χ0n) is 16.7. The number of ether oxygens (including phenoxy) is 2. The topological polar surface area (TPSA) is 77.7 Å². The van der Waals surface area contributed by atoms with Gasteiger partial charge in [0.25, 0.3) is 0 Å². The van der Waals surface area contributed by atoms with Crippen LogP contribution in [0.3, 0.4) is 0 Å². The van der Waals surface area contributed by atoms with Crippen LogP contribution in [0, 0.1) is 0 Å². The van der Waals surface area contributed by atoms with E-state index < -0.39 is 0 Å². The number of benzene rings is 2. The van der Waals surface area contributed by atoms with Crippen molar-refractivity contribution in [3.8, 4) is 22.9 Å². The Morgan fingerprint density at radius 1 is 1.03 bits per heavy atom. The lowest BCUT2D eigenvalue weighted by Gasteiger charge is -2.25. The summed E-state index contributed by atoms with van der Waals surface area (Å²) in [5.41, 5.74) is 1.90. The lowest BCUT2D eigenvalue weighted by Crippen LogP contribution is -2.28. The maximum absolute atomic E-state index is 12.6. The third-order valence-corrected chi connectivity index (χ3v) is 5.36. The molecule has 1 aromatic heterocycles. The molecule has 0 bridgehead atoms. The highest BCUT2D eigenvalue weighted by molar-refractivity contribution is 5.80. The summed E-state index contributed by atoms with van der Waals surface area (Å²) in [6.45, 7) is 2.58. The Hall–Kier alpha value is -3.35. The van der Waals surface area contributed by atoms with Crippen LogP contribution in [0.1, 0.15) is 36.8 Å². The van der Waals surface area contributed by atoms with Crippen molar-refractivity contribution in [1.82, 2.24) is 15.0 Å². The van der Waals surface area contributed by atoms with Gasteiger partial charge in [-0.25, -0.2) is 0 Å². The van der Waals surface area contributed by atoms with E-state index in [9.17, 15) is 4.79 Å². The summed E-state index contributed by atoms with van der Waals surface area (Å²) in [5.74, 6) is 2.54. The first-order valence-electron chi connectivity index (χ1n) is 9.50. The first-order valence-corrected chi connectivity index (χ1v) is 9.50. The first kappa shape index (κ1) is 19.0. The SMILES string of the molecule is COc1ccc(-c2noc(C3CC(=O)N(C(C)c4ccc(OC)cc4)C3)n2)cc1. The third kappa shape index (κ3) is 3.81. The minimum atomic E-state index is -0.109. The van der Waals surface area contributed by atoms with Crippen LogP contribution < -0.4 is 9.47 Å². The fourth-order valence-electron chi connectivity index (χ4n) is 3.59. The summed E-state index contributed by atoms with van der Waals surface area (Å²) < 4.78 is 15.9. The summed E-state index contributed by atoms with van der Waals surface area (Å²) in [6.07, 6.45) is 0.366. The van der Waals surface area contributed by atoms with Crippen LogP contribution in [-0.4, -0.2) is 41.7 Å². The largest absolute Gasteiger partial charge is 0.497 e. The van der Waals surface area contributed by atoms with E-state index in [0.29, 0.717) is 24.7 Å². The molecule has 2 aromatic carbocycles. The van der Waals surface area contributed by atoms with Gasteiger partial charge in [-0.05, 0) is 48.9 Å². The molecular weight excluding hydrogens is 370 g/mol. The Bertz CT molecular complexity index is 982. The number of aromatic nitrogens is 2. The van der Waals surface area contributed by atoms with Gasteiger partial charge in [0.2, 0.25) is 17.6 Å². The van der Waals surface area contributed by atoms with Crippen LogP contribution in [0.2, 0.25) is 0 Å². The molecule has 0 spiro atoms. The van der Waals surface area contributed by atoms with Crippen LogP contribution in [0.25, 0.3) is 11.4 Å². The van der Waals surface area contributed by atoms with Gasteiger partial charge >= 0.3 is 0 Å². The molecule has 4 rings (SSSR count). The van der Waals surface area contributed by atoms with Crippen molar-refractivity contribution in [3.05, 3.63) is 60.0 Å². The molecule has 29 heavy (non-hydrogen) atoms. The molecule has 1 fully saturated rings. The average molecular weight is 393 g/mol. The molecule has 2 heterocycles. The number of carbonyl (C=O) groups excluding carboxylic acids is 1. The number of carbonyl (C=O) groups is 1. The summed E-state index contributed by atoms with van der Waals surface area (Å²) in [6, 6.07) is 15.2. The van der Waals surface area contributed by atoms with Crippen molar-refractivity contribution < 1.29 is 18.8 Å². The Morgan fingerprint density at radius 2 is 1.66 bits per heavy atom. The zero-order valence-corrected chi connectivity index (χ0v) is 16.7. The second kappa shape index (κ2) is 7.95. The Balaban J connectivity index is 1.48. The van der Waals surface area contributed by atoms with Crippen molar-refractivity contribution >= 4 is 5.91 Å². The molecule has 1 saturated heterocycles. The van der Waals surface area contributed by atoms with Crippen molar-refractivity contribution in [2.24, 2.45) is 0 Å². The van der Waals surface area contributed by atoms with Crippen LogP contribution in [0.5, 0.6) is 11.5 Å². The van der Waals surface area contributed by atoms with Gasteiger partial charge in [-0.1, -0.05) is 17.3 Å². The number of methoxy groups -OCH3 is 2. The third-order valence-electron chi connectivity index (χ3n) is 5.36. The van der Waals surface area contributed by atoms with E-state index in [4.69, 9.17) is 14.0 Å².